The molecule has 3 rings (SSSR count). The third kappa shape index (κ3) is 2.43. The Morgan fingerprint density at radius 2 is 1.48 bits per heavy atom. The number of thioether (sulfide) groups is 1. The first-order valence-electron chi connectivity index (χ1n) is 6.94. The van der Waals surface area contributed by atoms with E-state index < -0.39 is 17.8 Å². The zero-order chi connectivity index (χ0) is 16.7. The maximum atomic E-state index is 12.1. The molecule has 2 aliphatic heterocycles. The van der Waals surface area contributed by atoms with Gasteiger partial charge in [-0.05, 0) is 24.3 Å². The van der Waals surface area contributed by atoms with Gasteiger partial charge in [-0.1, -0.05) is 23.9 Å². The van der Waals surface area contributed by atoms with Crippen LogP contribution in [0.15, 0.2) is 51.9 Å². The van der Waals surface area contributed by atoms with E-state index in [1.165, 1.54) is 20.2 Å². The van der Waals surface area contributed by atoms with Crippen LogP contribution in [0.3, 0.4) is 0 Å². The van der Waals surface area contributed by atoms with Gasteiger partial charge in [-0.15, -0.1) is 0 Å². The third-order valence-corrected chi connectivity index (χ3v) is 4.99. The summed E-state index contributed by atoms with van der Waals surface area (Å²) in [4.78, 5) is 41.0. The Balaban J connectivity index is 1.92. The summed E-state index contributed by atoms with van der Waals surface area (Å²) in [6.07, 6.45) is 3.21. The first-order valence-corrected chi connectivity index (χ1v) is 7.76. The predicted molar refractivity (Wildman–Crippen MR) is 87.8 cm³/mol. The molecule has 0 bridgehead atoms. The number of carbonyl (C=O) groups is 3. The summed E-state index contributed by atoms with van der Waals surface area (Å²) in [6.45, 7) is 0. The van der Waals surface area contributed by atoms with Crippen LogP contribution in [0.1, 0.15) is 0 Å². The number of fused-ring (bicyclic) bond motifs is 1. The maximum Gasteiger partial charge on any atom is 0.333 e. The van der Waals surface area contributed by atoms with Crippen molar-refractivity contribution >= 4 is 35.3 Å². The Morgan fingerprint density at radius 3 is 2.09 bits per heavy atom. The lowest BCUT2D eigenvalue weighted by Gasteiger charge is -2.28. The highest BCUT2D eigenvalue weighted by molar-refractivity contribution is 8.03. The SMILES string of the molecule is CN1C(=O)C(=C/C=C2\Sc3ccccc3N2C)C(=O)N(C)C1=O. The molecule has 1 saturated heterocycles. The molecule has 4 amide bonds. The van der Waals surface area contributed by atoms with E-state index in [4.69, 9.17) is 0 Å². The van der Waals surface area contributed by atoms with Crippen LogP contribution >= 0.6 is 11.8 Å². The summed E-state index contributed by atoms with van der Waals surface area (Å²) in [5, 5.41) is 0.904. The summed E-state index contributed by atoms with van der Waals surface area (Å²) in [7, 11) is 4.65. The number of amides is 4. The topological polar surface area (TPSA) is 60.9 Å². The number of benzene rings is 1. The highest BCUT2D eigenvalue weighted by Crippen LogP contribution is 2.44. The number of imide groups is 2. The summed E-state index contributed by atoms with van der Waals surface area (Å²) in [5.41, 5.74) is 1.06. The molecule has 0 radical (unpaired) electrons. The van der Waals surface area contributed by atoms with Gasteiger partial charge in [-0.3, -0.25) is 19.4 Å². The molecule has 0 aliphatic carbocycles. The molecule has 2 aliphatic rings. The van der Waals surface area contributed by atoms with Crippen LogP contribution in [0.25, 0.3) is 0 Å². The van der Waals surface area contributed by atoms with Crippen molar-refractivity contribution in [3.8, 4) is 0 Å². The van der Waals surface area contributed by atoms with Gasteiger partial charge in [-0.25, -0.2) is 4.79 Å². The molecule has 0 saturated carbocycles. The fourth-order valence-electron chi connectivity index (χ4n) is 2.41. The van der Waals surface area contributed by atoms with Crippen LogP contribution in [0.5, 0.6) is 0 Å². The van der Waals surface area contributed by atoms with E-state index in [2.05, 4.69) is 0 Å². The van der Waals surface area contributed by atoms with Gasteiger partial charge in [0.25, 0.3) is 11.8 Å². The normalized spacial score (nSPS) is 19.8. The van der Waals surface area contributed by atoms with Crippen molar-refractivity contribution in [3.05, 3.63) is 47.0 Å². The lowest BCUT2D eigenvalue weighted by molar-refractivity contribution is -0.134. The van der Waals surface area contributed by atoms with Crippen molar-refractivity contribution in [3.63, 3.8) is 0 Å². The largest absolute Gasteiger partial charge is 0.338 e. The lowest BCUT2D eigenvalue weighted by Crippen LogP contribution is -2.53. The molecule has 1 fully saturated rings. The minimum Gasteiger partial charge on any atom is -0.338 e. The molecule has 1 aromatic carbocycles. The number of anilines is 1. The van der Waals surface area contributed by atoms with Gasteiger partial charge in [0.2, 0.25) is 0 Å². The maximum absolute atomic E-state index is 12.1. The van der Waals surface area contributed by atoms with Crippen molar-refractivity contribution in [2.45, 2.75) is 4.90 Å². The van der Waals surface area contributed by atoms with Crippen molar-refractivity contribution in [2.75, 3.05) is 26.0 Å². The molecular weight excluding hydrogens is 314 g/mol. The molecular formula is C16H15N3O3S. The summed E-state index contributed by atoms with van der Waals surface area (Å²) in [6, 6.07) is 7.32. The molecule has 0 atom stereocenters. The fourth-order valence-corrected chi connectivity index (χ4v) is 3.47. The van der Waals surface area contributed by atoms with Crippen LogP contribution in [0.4, 0.5) is 10.5 Å². The van der Waals surface area contributed by atoms with Gasteiger partial charge in [0.05, 0.1) is 10.7 Å². The zero-order valence-corrected chi connectivity index (χ0v) is 13.8. The second-order valence-electron chi connectivity index (χ2n) is 5.22. The van der Waals surface area contributed by atoms with E-state index in [0.29, 0.717) is 0 Å². The van der Waals surface area contributed by atoms with E-state index in [-0.39, 0.29) is 5.57 Å². The number of barbiturate groups is 1. The number of rotatable bonds is 1. The first kappa shape index (κ1) is 15.4. The number of hydrogen-bond donors (Lipinski definition) is 0. The highest BCUT2D eigenvalue weighted by Gasteiger charge is 2.37. The summed E-state index contributed by atoms with van der Waals surface area (Å²) in [5.74, 6) is -1.17. The molecule has 0 N–H and O–H groups in total. The number of hydrogen-bond acceptors (Lipinski definition) is 5. The number of urea groups is 1. The van der Waals surface area contributed by atoms with Crippen LogP contribution in [-0.4, -0.2) is 48.8 Å². The highest BCUT2D eigenvalue weighted by atomic mass is 32.2. The molecule has 0 unspecified atom stereocenters. The molecule has 2 heterocycles. The zero-order valence-electron chi connectivity index (χ0n) is 12.9. The Hall–Kier alpha value is -2.54. The minimum absolute atomic E-state index is 0.0212. The Kier molecular flexibility index (Phi) is 3.73. The van der Waals surface area contributed by atoms with Crippen LogP contribution in [0, 0.1) is 0 Å². The molecule has 0 aromatic heterocycles. The van der Waals surface area contributed by atoms with Crippen molar-refractivity contribution < 1.29 is 14.4 Å². The van der Waals surface area contributed by atoms with E-state index in [0.717, 1.165) is 25.4 Å². The Labute approximate surface area is 138 Å². The van der Waals surface area contributed by atoms with E-state index in [9.17, 15) is 14.4 Å². The monoisotopic (exact) mass is 329 g/mol. The number of carbonyl (C=O) groups excluding carboxylic acids is 3. The quantitative estimate of drug-likeness (QED) is 0.583. The molecule has 0 spiro atoms. The molecule has 23 heavy (non-hydrogen) atoms. The van der Waals surface area contributed by atoms with Crippen molar-refractivity contribution in [1.82, 2.24) is 9.80 Å². The lowest BCUT2D eigenvalue weighted by atomic mass is 10.1. The second kappa shape index (κ2) is 5.58. The Morgan fingerprint density at radius 1 is 0.870 bits per heavy atom. The summed E-state index contributed by atoms with van der Waals surface area (Å²) < 4.78 is 0. The number of para-hydroxylation sites is 1. The van der Waals surface area contributed by atoms with Gasteiger partial charge in [-0.2, -0.15) is 0 Å². The van der Waals surface area contributed by atoms with Gasteiger partial charge in [0.15, 0.2) is 0 Å². The van der Waals surface area contributed by atoms with Gasteiger partial charge >= 0.3 is 6.03 Å². The van der Waals surface area contributed by atoms with Gasteiger partial charge in [0, 0.05) is 26.0 Å². The predicted octanol–water partition coefficient (Wildman–Crippen LogP) is 2.05. The smallest absolute Gasteiger partial charge is 0.333 e. The number of allylic oxidation sites excluding steroid dienone is 2. The molecule has 118 valence electrons. The minimum atomic E-state index is -0.621. The van der Waals surface area contributed by atoms with E-state index in [1.54, 1.807) is 17.8 Å². The summed E-state index contributed by atoms with van der Waals surface area (Å²) >= 11 is 1.56. The molecule has 1 aromatic rings. The second-order valence-corrected chi connectivity index (χ2v) is 6.29. The van der Waals surface area contributed by atoms with Crippen LogP contribution in [0.2, 0.25) is 0 Å². The van der Waals surface area contributed by atoms with Crippen molar-refractivity contribution in [1.29, 1.82) is 0 Å². The average Bonchev–Trinajstić information content (AvgIpc) is 2.88. The first-order chi connectivity index (χ1) is 10.9. The van der Waals surface area contributed by atoms with Crippen LogP contribution in [-0.2, 0) is 9.59 Å². The van der Waals surface area contributed by atoms with E-state index >= 15 is 0 Å². The molecule has 7 heteroatoms. The number of nitrogens with zero attached hydrogens (tertiary/aromatic N) is 3. The van der Waals surface area contributed by atoms with Gasteiger partial charge in [0.1, 0.15) is 5.57 Å². The standard InChI is InChI=1S/C16H15N3O3S/c1-17-11-6-4-5-7-12(11)23-13(17)9-8-10-14(20)18(2)16(22)19(3)15(10)21/h4-9H,1-3H3/b13-9-. The van der Waals surface area contributed by atoms with Gasteiger partial charge < -0.3 is 4.90 Å². The molecule has 6 nitrogen and oxygen atoms in total. The average molecular weight is 329 g/mol. The van der Waals surface area contributed by atoms with E-state index in [1.807, 2.05) is 36.2 Å². The van der Waals surface area contributed by atoms with Crippen LogP contribution < -0.4 is 4.90 Å². The fraction of sp³-hybridized carbons (Fsp3) is 0.188. The number of likely N-dealkylation sites (N-methyl/N-ethyl adjacent to an activating group) is 2. The van der Waals surface area contributed by atoms with Crippen molar-refractivity contribution in [2.24, 2.45) is 0 Å². The Bertz CT molecular complexity index is 759. The third-order valence-electron chi connectivity index (χ3n) is 3.81.